The van der Waals surface area contributed by atoms with E-state index in [9.17, 15) is 0 Å². The lowest BCUT2D eigenvalue weighted by Gasteiger charge is -2.02. The number of nitrogens with two attached hydrogens (primary N) is 1. The van der Waals surface area contributed by atoms with Crippen LogP contribution in [-0.2, 0) is 5.54 Å². The molecule has 18 heavy (non-hydrogen) atoms. The standard InChI is InChI=1S/C14H15N3S/c15-14(4-5-14)12-8-17-13(18-12)10-3-6-16-11(7-10)9-1-2-9/h3,6-9H,1-2,4-5,15H2. The number of hydrogen-bond donors (Lipinski definition) is 1. The lowest BCUT2D eigenvalue weighted by Crippen LogP contribution is -2.16. The molecule has 2 fully saturated rings. The Morgan fingerprint density at radius 3 is 2.83 bits per heavy atom. The van der Waals surface area contributed by atoms with E-state index in [1.165, 1.54) is 29.0 Å². The topological polar surface area (TPSA) is 51.8 Å². The maximum atomic E-state index is 6.21. The minimum absolute atomic E-state index is 0.0672. The normalized spacial score (nSPS) is 20.9. The molecule has 4 rings (SSSR count). The van der Waals surface area contributed by atoms with Crippen LogP contribution in [0.2, 0.25) is 0 Å². The molecule has 0 unspecified atom stereocenters. The third kappa shape index (κ3) is 1.76. The molecule has 0 radical (unpaired) electrons. The van der Waals surface area contributed by atoms with Crippen molar-refractivity contribution in [3.8, 4) is 10.6 Å². The molecule has 2 saturated carbocycles. The van der Waals surface area contributed by atoms with Crippen LogP contribution in [0.1, 0.15) is 42.2 Å². The number of nitrogens with zero attached hydrogens (tertiary/aromatic N) is 2. The molecule has 0 spiro atoms. The van der Waals surface area contributed by atoms with Crippen LogP contribution in [0.5, 0.6) is 0 Å². The van der Waals surface area contributed by atoms with Gasteiger partial charge in [-0.3, -0.25) is 4.98 Å². The number of thiazole rings is 1. The average Bonchev–Trinajstić information content (AvgIpc) is 3.31. The highest BCUT2D eigenvalue weighted by Gasteiger charge is 2.41. The highest BCUT2D eigenvalue weighted by molar-refractivity contribution is 7.15. The van der Waals surface area contributed by atoms with Crippen LogP contribution in [0, 0.1) is 0 Å². The van der Waals surface area contributed by atoms with Gasteiger partial charge in [0.25, 0.3) is 0 Å². The summed E-state index contributed by atoms with van der Waals surface area (Å²) < 4.78 is 0. The lowest BCUT2D eigenvalue weighted by atomic mass is 10.2. The molecule has 0 atom stereocenters. The van der Waals surface area contributed by atoms with Crippen LogP contribution in [-0.4, -0.2) is 9.97 Å². The summed E-state index contributed by atoms with van der Waals surface area (Å²) in [6.45, 7) is 0. The molecular weight excluding hydrogens is 242 g/mol. The smallest absolute Gasteiger partial charge is 0.123 e. The van der Waals surface area contributed by atoms with Crippen molar-refractivity contribution in [3.05, 3.63) is 35.1 Å². The minimum Gasteiger partial charge on any atom is -0.321 e. The number of hydrogen-bond acceptors (Lipinski definition) is 4. The van der Waals surface area contributed by atoms with Crippen molar-refractivity contribution in [2.45, 2.75) is 37.1 Å². The Morgan fingerprint density at radius 1 is 1.28 bits per heavy atom. The molecule has 3 nitrogen and oxygen atoms in total. The highest BCUT2D eigenvalue weighted by atomic mass is 32.1. The van der Waals surface area contributed by atoms with Crippen LogP contribution in [0.25, 0.3) is 10.6 Å². The van der Waals surface area contributed by atoms with Crippen molar-refractivity contribution in [3.63, 3.8) is 0 Å². The van der Waals surface area contributed by atoms with E-state index in [0.717, 1.165) is 17.8 Å². The Morgan fingerprint density at radius 2 is 2.11 bits per heavy atom. The summed E-state index contributed by atoms with van der Waals surface area (Å²) in [5, 5.41) is 1.08. The Hall–Kier alpha value is -1.26. The molecule has 92 valence electrons. The second-order valence-electron chi connectivity index (χ2n) is 5.43. The van der Waals surface area contributed by atoms with E-state index in [2.05, 4.69) is 16.0 Å². The van der Waals surface area contributed by atoms with Gasteiger partial charge in [0.1, 0.15) is 5.01 Å². The molecular formula is C14H15N3S. The second kappa shape index (κ2) is 3.62. The first-order valence-electron chi connectivity index (χ1n) is 6.46. The summed E-state index contributed by atoms with van der Waals surface area (Å²) in [7, 11) is 0. The molecule has 2 aromatic rings. The Balaban J connectivity index is 1.69. The Bertz CT molecular complexity index is 597. The molecule has 2 aliphatic rings. The molecule has 0 aliphatic heterocycles. The highest BCUT2D eigenvalue weighted by Crippen LogP contribution is 2.46. The van der Waals surface area contributed by atoms with Gasteiger partial charge in [-0.2, -0.15) is 0 Å². The van der Waals surface area contributed by atoms with Crippen LogP contribution in [0.4, 0.5) is 0 Å². The summed E-state index contributed by atoms with van der Waals surface area (Å²) in [4.78, 5) is 10.2. The molecule has 2 aromatic heterocycles. The summed E-state index contributed by atoms with van der Waals surface area (Å²) in [6, 6.07) is 4.24. The molecule has 2 aliphatic carbocycles. The fourth-order valence-electron chi connectivity index (χ4n) is 2.20. The van der Waals surface area contributed by atoms with E-state index < -0.39 is 0 Å². The van der Waals surface area contributed by atoms with E-state index in [4.69, 9.17) is 5.73 Å². The van der Waals surface area contributed by atoms with Crippen LogP contribution >= 0.6 is 11.3 Å². The molecule has 4 heteroatoms. The summed E-state index contributed by atoms with van der Waals surface area (Å²) >= 11 is 1.73. The van der Waals surface area contributed by atoms with Crippen LogP contribution < -0.4 is 5.73 Å². The van der Waals surface area contributed by atoms with Crippen LogP contribution in [0.3, 0.4) is 0 Å². The van der Waals surface area contributed by atoms with Gasteiger partial charge in [-0.1, -0.05) is 0 Å². The van der Waals surface area contributed by atoms with Gasteiger partial charge in [-0.25, -0.2) is 4.98 Å². The van der Waals surface area contributed by atoms with E-state index in [0.29, 0.717) is 5.92 Å². The summed E-state index contributed by atoms with van der Waals surface area (Å²) in [5.41, 5.74) is 8.55. The summed E-state index contributed by atoms with van der Waals surface area (Å²) in [5.74, 6) is 0.689. The Labute approximate surface area is 110 Å². The zero-order valence-electron chi connectivity index (χ0n) is 10.1. The number of pyridine rings is 1. The molecule has 2 heterocycles. The van der Waals surface area contributed by atoms with Gasteiger partial charge >= 0.3 is 0 Å². The lowest BCUT2D eigenvalue weighted by molar-refractivity contribution is 0.756. The van der Waals surface area contributed by atoms with Gasteiger partial charge < -0.3 is 5.73 Å². The van der Waals surface area contributed by atoms with Gasteiger partial charge in [0.15, 0.2) is 0 Å². The first-order chi connectivity index (χ1) is 8.74. The monoisotopic (exact) mass is 257 g/mol. The van der Waals surface area contributed by atoms with Crippen molar-refractivity contribution >= 4 is 11.3 Å². The number of rotatable bonds is 3. The van der Waals surface area contributed by atoms with Crippen LogP contribution in [0.15, 0.2) is 24.5 Å². The zero-order valence-corrected chi connectivity index (χ0v) is 10.9. The van der Waals surface area contributed by atoms with Gasteiger partial charge in [0.05, 0.1) is 5.54 Å². The predicted octanol–water partition coefficient (Wildman–Crippen LogP) is 3.03. The fourth-order valence-corrected chi connectivity index (χ4v) is 3.27. The van der Waals surface area contributed by atoms with E-state index in [1.807, 2.05) is 18.5 Å². The molecule has 0 aromatic carbocycles. The first kappa shape index (κ1) is 10.6. The quantitative estimate of drug-likeness (QED) is 0.919. The Kier molecular flexibility index (Phi) is 2.14. The van der Waals surface area contributed by atoms with Gasteiger partial charge in [0, 0.05) is 34.4 Å². The maximum Gasteiger partial charge on any atom is 0.123 e. The molecule has 0 bridgehead atoms. The van der Waals surface area contributed by atoms with Crippen molar-refractivity contribution in [2.24, 2.45) is 5.73 Å². The van der Waals surface area contributed by atoms with E-state index >= 15 is 0 Å². The van der Waals surface area contributed by atoms with Crippen molar-refractivity contribution in [1.82, 2.24) is 9.97 Å². The first-order valence-corrected chi connectivity index (χ1v) is 7.28. The van der Waals surface area contributed by atoms with Gasteiger partial charge in [0.2, 0.25) is 0 Å². The SMILES string of the molecule is NC1(c2cnc(-c3ccnc(C4CC4)c3)s2)CC1. The van der Waals surface area contributed by atoms with Gasteiger partial charge in [-0.15, -0.1) is 11.3 Å². The van der Waals surface area contributed by atoms with E-state index in [1.54, 1.807) is 11.3 Å². The zero-order chi connectivity index (χ0) is 12.2. The largest absolute Gasteiger partial charge is 0.321 e. The third-order valence-corrected chi connectivity index (χ3v) is 5.08. The van der Waals surface area contributed by atoms with Crippen molar-refractivity contribution in [2.75, 3.05) is 0 Å². The van der Waals surface area contributed by atoms with Gasteiger partial charge in [-0.05, 0) is 37.8 Å². The van der Waals surface area contributed by atoms with E-state index in [-0.39, 0.29) is 5.54 Å². The fraction of sp³-hybridized carbons (Fsp3) is 0.429. The molecule has 0 amide bonds. The predicted molar refractivity (Wildman–Crippen MR) is 72.4 cm³/mol. The summed E-state index contributed by atoms with van der Waals surface area (Å²) in [6.07, 6.45) is 8.61. The third-order valence-electron chi connectivity index (χ3n) is 3.81. The maximum absolute atomic E-state index is 6.21. The minimum atomic E-state index is -0.0672. The molecule has 2 N–H and O–H groups in total. The second-order valence-corrected chi connectivity index (χ2v) is 6.46. The number of aromatic nitrogens is 2. The average molecular weight is 257 g/mol. The van der Waals surface area contributed by atoms with Crippen molar-refractivity contribution < 1.29 is 0 Å². The molecule has 0 saturated heterocycles. The van der Waals surface area contributed by atoms with Crippen molar-refractivity contribution in [1.29, 1.82) is 0 Å².